The molecule has 4 N–H and O–H groups in total. The van der Waals surface area contributed by atoms with Crippen molar-refractivity contribution in [3.63, 3.8) is 0 Å². The van der Waals surface area contributed by atoms with Gasteiger partial charge < -0.3 is 16.4 Å². The Morgan fingerprint density at radius 2 is 2.00 bits per heavy atom. The van der Waals surface area contributed by atoms with Gasteiger partial charge in [-0.2, -0.15) is 0 Å². The maximum Gasteiger partial charge on any atom is 0.226 e. The lowest BCUT2D eigenvalue weighted by Gasteiger charge is -2.41. The average molecular weight is 253 g/mol. The van der Waals surface area contributed by atoms with Gasteiger partial charge in [0.05, 0.1) is 0 Å². The Morgan fingerprint density at radius 1 is 1.22 bits per heavy atom. The molecule has 0 spiro atoms. The number of carbonyl (C=O) groups excluding carboxylic acids is 1. The summed E-state index contributed by atoms with van der Waals surface area (Å²) in [6.07, 6.45) is 7.40. The molecule has 1 amide bonds. The van der Waals surface area contributed by atoms with Crippen LogP contribution in [0.15, 0.2) is 0 Å². The monoisotopic (exact) mass is 253 g/mol. The van der Waals surface area contributed by atoms with Crippen molar-refractivity contribution < 1.29 is 4.79 Å². The highest BCUT2D eigenvalue weighted by atomic mass is 16.2. The van der Waals surface area contributed by atoms with Gasteiger partial charge in [-0.3, -0.25) is 4.79 Å². The van der Waals surface area contributed by atoms with Crippen molar-refractivity contribution in [2.75, 3.05) is 6.54 Å². The molecular formula is C14H27N3O. The third-order valence-corrected chi connectivity index (χ3v) is 4.50. The molecule has 2 aliphatic rings. The van der Waals surface area contributed by atoms with E-state index in [0.29, 0.717) is 5.91 Å². The summed E-state index contributed by atoms with van der Waals surface area (Å²) in [7, 11) is 0. The molecule has 104 valence electrons. The van der Waals surface area contributed by atoms with Gasteiger partial charge in [0.1, 0.15) is 0 Å². The predicted molar refractivity (Wildman–Crippen MR) is 72.9 cm³/mol. The number of hydrogen-bond donors (Lipinski definition) is 2. The molecule has 4 nitrogen and oxygen atoms in total. The SMILES string of the molecule is C[C@H](N)[C@@H]1CCCCN1C(=O)[C@@H]1CCC[C@@H](N)C1. The zero-order chi connectivity index (χ0) is 13.1. The molecule has 1 heterocycles. The van der Waals surface area contributed by atoms with E-state index >= 15 is 0 Å². The van der Waals surface area contributed by atoms with Gasteiger partial charge in [0, 0.05) is 30.6 Å². The van der Waals surface area contributed by atoms with Crippen molar-refractivity contribution in [2.24, 2.45) is 17.4 Å². The summed E-state index contributed by atoms with van der Waals surface area (Å²) in [5, 5.41) is 0. The first kappa shape index (κ1) is 13.8. The van der Waals surface area contributed by atoms with E-state index in [1.54, 1.807) is 0 Å². The minimum Gasteiger partial charge on any atom is -0.338 e. The summed E-state index contributed by atoms with van der Waals surface area (Å²) in [6, 6.07) is 0.530. The van der Waals surface area contributed by atoms with Crippen LogP contribution in [0.5, 0.6) is 0 Å². The molecule has 1 aliphatic heterocycles. The third-order valence-electron chi connectivity index (χ3n) is 4.50. The first-order valence-electron chi connectivity index (χ1n) is 7.41. The molecule has 2 fully saturated rings. The molecule has 0 unspecified atom stereocenters. The second-order valence-electron chi connectivity index (χ2n) is 6.08. The smallest absolute Gasteiger partial charge is 0.226 e. The molecule has 0 aromatic rings. The van der Waals surface area contributed by atoms with E-state index in [2.05, 4.69) is 4.90 Å². The van der Waals surface area contributed by atoms with E-state index in [4.69, 9.17) is 11.5 Å². The number of nitrogens with zero attached hydrogens (tertiary/aromatic N) is 1. The van der Waals surface area contributed by atoms with Crippen LogP contribution in [0.2, 0.25) is 0 Å². The van der Waals surface area contributed by atoms with Crippen LogP contribution >= 0.6 is 0 Å². The van der Waals surface area contributed by atoms with Gasteiger partial charge in [0.25, 0.3) is 0 Å². The summed E-state index contributed by atoms with van der Waals surface area (Å²) >= 11 is 0. The third kappa shape index (κ3) is 3.04. The van der Waals surface area contributed by atoms with Crippen LogP contribution in [-0.2, 0) is 4.79 Å². The maximum atomic E-state index is 12.6. The Hall–Kier alpha value is -0.610. The van der Waals surface area contributed by atoms with Crippen molar-refractivity contribution in [3.05, 3.63) is 0 Å². The Kier molecular flexibility index (Phi) is 4.62. The van der Waals surface area contributed by atoms with Gasteiger partial charge >= 0.3 is 0 Å². The molecule has 4 atom stereocenters. The van der Waals surface area contributed by atoms with Gasteiger partial charge in [-0.25, -0.2) is 0 Å². The van der Waals surface area contributed by atoms with E-state index in [1.807, 2.05) is 6.92 Å². The number of amides is 1. The molecule has 1 saturated heterocycles. The topological polar surface area (TPSA) is 72.3 Å². The molecule has 2 rings (SSSR count). The van der Waals surface area contributed by atoms with Crippen LogP contribution in [-0.4, -0.2) is 35.5 Å². The molecule has 4 heteroatoms. The van der Waals surface area contributed by atoms with Crippen molar-refractivity contribution in [2.45, 2.75) is 70.0 Å². The normalized spacial score (nSPS) is 35.3. The molecule has 1 saturated carbocycles. The van der Waals surface area contributed by atoms with Gasteiger partial charge in [-0.15, -0.1) is 0 Å². The fourth-order valence-electron chi connectivity index (χ4n) is 3.46. The lowest BCUT2D eigenvalue weighted by atomic mass is 9.84. The fraction of sp³-hybridized carbons (Fsp3) is 0.929. The summed E-state index contributed by atoms with van der Waals surface area (Å²) in [5.41, 5.74) is 12.0. The Morgan fingerprint density at radius 3 is 2.67 bits per heavy atom. The van der Waals surface area contributed by atoms with Crippen molar-refractivity contribution >= 4 is 5.91 Å². The first-order valence-corrected chi connectivity index (χ1v) is 7.41. The van der Waals surface area contributed by atoms with Crippen LogP contribution in [0.1, 0.15) is 51.9 Å². The van der Waals surface area contributed by atoms with Crippen LogP contribution in [0, 0.1) is 5.92 Å². The molecule has 0 radical (unpaired) electrons. The Labute approximate surface area is 110 Å². The minimum atomic E-state index is 0.0755. The van der Waals surface area contributed by atoms with Gasteiger partial charge in [-0.1, -0.05) is 6.42 Å². The predicted octanol–water partition coefficient (Wildman–Crippen LogP) is 1.23. The highest BCUT2D eigenvalue weighted by Crippen LogP contribution is 2.28. The van der Waals surface area contributed by atoms with E-state index < -0.39 is 0 Å². The molecule has 0 bridgehead atoms. The highest BCUT2D eigenvalue weighted by molar-refractivity contribution is 5.79. The standard InChI is InChI=1S/C14H27N3O/c1-10(15)13-7-2-3-8-17(13)14(18)11-5-4-6-12(16)9-11/h10-13H,2-9,15-16H2,1H3/t10-,11+,12+,13-/m0/s1. The second kappa shape index (κ2) is 6.02. The fourth-order valence-corrected chi connectivity index (χ4v) is 3.46. The summed E-state index contributed by atoms with van der Waals surface area (Å²) in [4.78, 5) is 14.7. The number of hydrogen-bond acceptors (Lipinski definition) is 3. The van der Waals surface area contributed by atoms with Crippen LogP contribution < -0.4 is 11.5 Å². The number of nitrogens with two attached hydrogens (primary N) is 2. The van der Waals surface area contributed by atoms with Crippen LogP contribution in [0.25, 0.3) is 0 Å². The zero-order valence-corrected chi connectivity index (χ0v) is 11.5. The van der Waals surface area contributed by atoms with Gasteiger partial charge in [-0.05, 0) is 45.4 Å². The van der Waals surface area contributed by atoms with Gasteiger partial charge in [0.15, 0.2) is 0 Å². The van der Waals surface area contributed by atoms with Crippen LogP contribution in [0.3, 0.4) is 0 Å². The van der Waals surface area contributed by atoms with Gasteiger partial charge in [0.2, 0.25) is 5.91 Å². The highest BCUT2D eigenvalue weighted by Gasteiger charge is 2.34. The quantitative estimate of drug-likeness (QED) is 0.777. The lowest BCUT2D eigenvalue weighted by Crippen LogP contribution is -2.54. The molecule has 1 aliphatic carbocycles. The number of carbonyl (C=O) groups is 1. The largest absolute Gasteiger partial charge is 0.338 e. The van der Waals surface area contributed by atoms with E-state index in [1.165, 1.54) is 6.42 Å². The first-order chi connectivity index (χ1) is 8.59. The number of rotatable bonds is 2. The summed E-state index contributed by atoms with van der Waals surface area (Å²) in [5.74, 6) is 0.459. The minimum absolute atomic E-state index is 0.0755. The van der Waals surface area contributed by atoms with Crippen molar-refractivity contribution in [1.82, 2.24) is 4.90 Å². The van der Waals surface area contributed by atoms with E-state index in [9.17, 15) is 4.79 Å². The van der Waals surface area contributed by atoms with Crippen molar-refractivity contribution in [3.8, 4) is 0 Å². The molecule has 0 aromatic heterocycles. The van der Waals surface area contributed by atoms with Crippen LogP contribution in [0.4, 0.5) is 0 Å². The molecule has 18 heavy (non-hydrogen) atoms. The maximum absolute atomic E-state index is 12.6. The summed E-state index contributed by atoms with van der Waals surface area (Å²) in [6.45, 7) is 2.90. The summed E-state index contributed by atoms with van der Waals surface area (Å²) < 4.78 is 0. The Bertz CT molecular complexity index is 293. The molecule has 0 aromatic carbocycles. The number of piperidine rings is 1. The van der Waals surface area contributed by atoms with E-state index in [0.717, 1.165) is 45.1 Å². The Balaban J connectivity index is 2.01. The lowest BCUT2D eigenvalue weighted by molar-refractivity contribution is -0.141. The number of likely N-dealkylation sites (tertiary alicyclic amines) is 1. The zero-order valence-electron chi connectivity index (χ0n) is 11.5. The average Bonchev–Trinajstić information content (AvgIpc) is 2.38. The van der Waals surface area contributed by atoms with E-state index in [-0.39, 0.29) is 24.0 Å². The second-order valence-corrected chi connectivity index (χ2v) is 6.08. The van der Waals surface area contributed by atoms with Crippen molar-refractivity contribution in [1.29, 1.82) is 0 Å². The molecular weight excluding hydrogens is 226 g/mol.